The molecule has 10 rings (SSSR count). The first-order chi connectivity index (χ1) is 30.2. The second-order valence-corrected chi connectivity index (χ2v) is 18.0. The van der Waals surface area contributed by atoms with Gasteiger partial charge in [0.2, 0.25) is 5.95 Å². The van der Waals surface area contributed by atoms with Gasteiger partial charge in [-0.05, 0) is 57.3 Å². The third-order valence-corrected chi connectivity index (χ3v) is 15.1. The van der Waals surface area contributed by atoms with Crippen LogP contribution < -0.4 is 71.0 Å². The van der Waals surface area contributed by atoms with Crippen LogP contribution in [0.2, 0.25) is 0 Å². The maximum atomic E-state index is 6.97. The van der Waals surface area contributed by atoms with Gasteiger partial charge in [0.15, 0.2) is 11.6 Å². The van der Waals surface area contributed by atoms with Crippen molar-refractivity contribution in [1.82, 2.24) is 19.5 Å². The van der Waals surface area contributed by atoms with Crippen LogP contribution in [0, 0.1) is 0 Å². The van der Waals surface area contributed by atoms with Gasteiger partial charge in [-0.1, -0.05) is 110 Å². The van der Waals surface area contributed by atoms with E-state index < -0.39 is 0 Å². The minimum Gasteiger partial charge on any atom is -0.456 e. The van der Waals surface area contributed by atoms with E-state index in [-0.39, 0.29) is 0 Å². The van der Waals surface area contributed by atoms with Crippen molar-refractivity contribution in [3.63, 3.8) is 0 Å². The second kappa shape index (κ2) is 15.1. The van der Waals surface area contributed by atoms with Gasteiger partial charge in [-0.3, -0.25) is 4.57 Å². The molecule has 5 nitrogen and oxygen atoms in total. The molecular formula is C45H41B13N4O. The maximum Gasteiger partial charge on any atom is 0.238 e. The predicted octanol–water partition coefficient (Wildman–Crippen LogP) is -11.1. The van der Waals surface area contributed by atoms with Crippen LogP contribution in [-0.2, 0) is 0 Å². The van der Waals surface area contributed by atoms with Crippen LogP contribution in [0.15, 0.2) is 95.4 Å². The number of hydrogen-bond acceptors (Lipinski definition) is 4. The zero-order valence-electron chi connectivity index (χ0n) is 38.9. The van der Waals surface area contributed by atoms with Crippen molar-refractivity contribution in [3.8, 4) is 51.0 Å². The highest BCUT2D eigenvalue weighted by Gasteiger charge is 2.26. The summed E-state index contributed by atoms with van der Waals surface area (Å²) in [6.07, 6.45) is 0. The molecular weight excluding hydrogens is 753 g/mol. The van der Waals surface area contributed by atoms with Gasteiger partial charge in [0.25, 0.3) is 0 Å². The van der Waals surface area contributed by atoms with E-state index in [4.69, 9.17) is 19.4 Å². The van der Waals surface area contributed by atoms with Crippen molar-refractivity contribution in [2.24, 2.45) is 0 Å². The average molecular weight is 794 g/mol. The monoisotopic (exact) mass is 796 g/mol. The first-order valence-corrected chi connectivity index (χ1v) is 22.1. The fourth-order valence-electron chi connectivity index (χ4n) is 10.3. The molecule has 0 amide bonds. The van der Waals surface area contributed by atoms with Gasteiger partial charge in [-0.15, -0.1) is 27.3 Å². The van der Waals surface area contributed by atoms with Crippen LogP contribution in [0.25, 0.3) is 94.7 Å². The summed E-state index contributed by atoms with van der Waals surface area (Å²) < 4.78 is 9.30. The Morgan fingerprint density at radius 2 is 0.825 bits per heavy atom. The maximum absolute atomic E-state index is 6.97. The van der Waals surface area contributed by atoms with E-state index in [0.29, 0.717) is 17.6 Å². The molecule has 0 aliphatic heterocycles. The fourth-order valence-corrected chi connectivity index (χ4v) is 10.3. The van der Waals surface area contributed by atoms with Crippen LogP contribution in [0.1, 0.15) is 0 Å². The lowest BCUT2D eigenvalue weighted by Gasteiger charge is -2.21. The molecule has 3 aromatic heterocycles. The Morgan fingerprint density at radius 1 is 0.365 bits per heavy atom. The minimum absolute atomic E-state index is 0.592. The van der Waals surface area contributed by atoms with Crippen LogP contribution in [0.5, 0.6) is 0 Å². The molecule has 0 unspecified atom stereocenters. The van der Waals surface area contributed by atoms with Gasteiger partial charge in [0.1, 0.15) is 113 Å². The molecule has 0 saturated heterocycles. The minimum atomic E-state index is 0.592. The number of furan rings is 1. The van der Waals surface area contributed by atoms with Gasteiger partial charge in [-0.25, -0.2) is 4.98 Å². The summed E-state index contributed by atoms with van der Waals surface area (Å²) in [5.74, 6) is 1.82. The Bertz CT molecular complexity index is 3510. The predicted molar refractivity (Wildman–Crippen MR) is 310 cm³/mol. The number of aromatic nitrogens is 4. The Kier molecular flexibility index (Phi) is 9.82. The molecule has 0 aliphatic carbocycles. The largest absolute Gasteiger partial charge is 0.456 e. The number of benzene rings is 7. The highest BCUT2D eigenvalue weighted by Crippen LogP contribution is 2.40. The molecule has 0 spiro atoms. The number of fused-ring (bicyclic) bond motifs is 6. The van der Waals surface area contributed by atoms with Crippen LogP contribution in [0.3, 0.4) is 0 Å². The third kappa shape index (κ3) is 6.14. The second-order valence-electron chi connectivity index (χ2n) is 18.0. The van der Waals surface area contributed by atoms with Gasteiger partial charge in [-0.2, -0.15) is 9.97 Å². The lowest BCUT2D eigenvalue weighted by Crippen LogP contribution is -2.55. The highest BCUT2D eigenvalue weighted by atomic mass is 16.3. The lowest BCUT2D eigenvalue weighted by atomic mass is 9.59. The molecule has 10 aromatic rings. The first-order valence-electron chi connectivity index (χ1n) is 22.1. The number of nitrogens with zero attached hydrogens (tertiary/aromatic N) is 4. The SMILES string of the molecule is Bc1c(B)c(B)c(-c2cc(-c3ccccc3)cc3oc4cc(-c5nc(-c6ccccc6)nc(-n6c7c(B)c(B)c(B)c(B)c7c7c(B)c(B)c(B)c(B)c76)n5)ccc4c23)c(B)c1B. The van der Waals surface area contributed by atoms with Crippen molar-refractivity contribution < 1.29 is 4.42 Å². The van der Waals surface area contributed by atoms with Gasteiger partial charge in [0.05, 0.1) is 0 Å². The van der Waals surface area contributed by atoms with E-state index in [1.54, 1.807) is 0 Å². The molecule has 286 valence electrons. The van der Waals surface area contributed by atoms with Crippen LogP contribution in [0.4, 0.5) is 0 Å². The summed E-state index contributed by atoms with van der Waals surface area (Å²) in [5.41, 5.74) is 27.4. The number of rotatable bonds is 5. The van der Waals surface area contributed by atoms with Crippen molar-refractivity contribution in [3.05, 3.63) is 91.0 Å². The summed E-state index contributed by atoms with van der Waals surface area (Å²) in [5, 5.41) is 4.73. The normalized spacial score (nSPS) is 11.7. The van der Waals surface area contributed by atoms with Crippen LogP contribution in [-0.4, -0.2) is 122 Å². The van der Waals surface area contributed by atoms with E-state index in [1.165, 1.54) is 92.9 Å². The van der Waals surface area contributed by atoms with E-state index in [1.807, 2.05) is 18.2 Å². The van der Waals surface area contributed by atoms with Crippen molar-refractivity contribution in [2.75, 3.05) is 0 Å². The Balaban J connectivity index is 1.27. The first kappa shape index (κ1) is 41.0. The summed E-state index contributed by atoms with van der Waals surface area (Å²) in [6, 6.07) is 31.9. The van der Waals surface area contributed by atoms with E-state index >= 15 is 0 Å². The summed E-state index contributed by atoms with van der Waals surface area (Å²) in [4.78, 5) is 16.0. The molecule has 3 heterocycles. The third-order valence-electron chi connectivity index (χ3n) is 15.1. The van der Waals surface area contributed by atoms with Crippen LogP contribution >= 0.6 is 0 Å². The van der Waals surface area contributed by atoms with E-state index in [0.717, 1.165) is 55.2 Å². The summed E-state index contributed by atoms with van der Waals surface area (Å²) >= 11 is 0. The zero-order chi connectivity index (χ0) is 44.3. The van der Waals surface area contributed by atoms with Crippen molar-refractivity contribution >= 4 is 217 Å². The molecule has 0 N–H and O–H groups in total. The topological polar surface area (TPSA) is 56.7 Å². The summed E-state index contributed by atoms with van der Waals surface area (Å²) in [6.45, 7) is 0. The smallest absolute Gasteiger partial charge is 0.238 e. The fraction of sp³-hybridized carbons (Fsp3) is 0. The molecule has 0 saturated carbocycles. The Morgan fingerprint density at radius 3 is 1.38 bits per heavy atom. The number of hydrogen-bond donors (Lipinski definition) is 0. The van der Waals surface area contributed by atoms with E-state index in [9.17, 15) is 0 Å². The molecule has 18 heteroatoms. The van der Waals surface area contributed by atoms with Gasteiger partial charge >= 0.3 is 0 Å². The Labute approximate surface area is 380 Å². The summed E-state index contributed by atoms with van der Waals surface area (Å²) in [7, 11) is 29.3. The molecule has 0 bridgehead atoms. The average Bonchev–Trinajstić information content (AvgIpc) is 3.87. The molecule has 0 aliphatic rings. The quantitative estimate of drug-likeness (QED) is 0.163. The molecule has 7 aromatic carbocycles. The lowest BCUT2D eigenvalue weighted by molar-refractivity contribution is 0.669. The van der Waals surface area contributed by atoms with E-state index in [2.05, 4.69) is 179 Å². The molecule has 0 atom stereocenters. The molecule has 0 fully saturated rings. The Hall–Kier alpha value is -6.01. The zero-order valence-corrected chi connectivity index (χ0v) is 38.9. The van der Waals surface area contributed by atoms with Crippen molar-refractivity contribution in [1.29, 1.82) is 0 Å². The molecule has 63 heavy (non-hydrogen) atoms. The van der Waals surface area contributed by atoms with Crippen molar-refractivity contribution in [2.45, 2.75) is 0 Å². The van der Waals surface area contributed by atoms with Gasteiger partial charge in [0, 0.05) is 32.9 Å². The van der Waals surface area contributed by atoms with Gasteiger partial charge < -0.3 is 4.42 Å². The molecule has 0 radical (unpaired) electrons. The standard InChI is InChI=1S/C45H41B13N4O/c46-28-25(29(47)33(51)36(54)32(28)50)21-13-19(16-7-3-1-4-8-16)15-23-24(21)20-12-11-18(14-22(20)63-23)44-59-43(17-9-5-2-6-10-17)60-45(61-44)62-41-26(30(48)34(52)37(55)39(41)57)27-31(49)35(53)38(56)40(58)42(27)62/h1-15H,46-58H2. The highest BCUT2D eigenvalue weighted by molar-refractivity contribution is 6.72.